The largest absolute Gasteiger partial charge is 0.459 e. The first-order valence-electron chi connectivity index (χ1n) is 12.5. The van der Waals surface area contributed by atoms with Gasteiger partial charge >= 0.3 is 0 Å². The lowest BCUT2D eigenvalue weighted by Crippen LogP contribution is -2.51. The molecule has 1 atom stereocenters. The van der Waals surface area contributed by atoms with Crippen LogP contribution in [0, 0.1) is 0 Å². The molecule has 0 bridgehead atoms. The van der Waals surface area contributed by atoms with Crippen molar-refractivity contribution in [2.75, 3.05) is 18.2 Å². The van der Waals surface area contributed by atoms with Gasteiger partial charge in [-0.25, -0.2) is 0 Å². The van der Waals surface area contributed by atoms with Crippen LogP contribution in [0.3, 0.4) is 0 Å². The summed E-state index contributed by atoms with van der Waals surface area (Å²) in [5.74, 6) is -0.00254. The van der Waals surface area contributed by atoms with Crippen LogP contribution in [-0.2, 0) is 9.59 Å². The van der Waals surface area contributed by atoms with Crippen molar-refractivity contribution in [3.8, 4) is 11.5 Å². The van der Waals surface area contributed by atoms with Gasteiger partial charge in [-0.2, -0.15) is 0 Å². The highest BCUT2D eigenvalue weighted by molar-refractivity contribution is 6.04. The van der Waals surface area contributed by atoms with E-state index in [1.165, 1.54) is 17.2 Å². The second-order valence-electron chi connectivity index (χ2n) is 10.4. The molecule has 0 unspecified atom stereocenters. The number of nitrogens with zero attached hydrogens (tertiary/aromatic N) is 1. The van der Waals surface area contributed by atoms with E-state index in [0.717, 1.165) is 5.56 Å². The van der Waals surface area contributed by atoms with Crippen molar-refractivity contribution in [2.24, 2.45) is 0 Å². The Hall–Kier alpha value is -4.27. The average Bonchev–Trinajstić information content (AvgIpc) is 3.56. The molecule has 0 saturated heterocycles. The summed E-state index contributed by atoms with van der Waals surface area (Å²) in [7, 11) is 0. The first-order chi connectivity index (χ1) is 18.0. The zero-order valence-electron chi connectivity index (χ0n) is 22.2. The number of hydrogen-bond acceptors (Lipinski definition) is 6. The van der Waals surface area contributed by atoms with Gasteiger partial charge in [-0.05, 0) is 62.1 Å². The molecule has 2 N–H and O–H groups in total. The topological polar surface area (TPSA) is 110 Å². The molecule has 200 valence electrons. The number of fused-ring (bicyclic) bond motifs is 1. The number of hydrogen-bond donors (Lipinski definition) is 2. The Morgan fingerprint density at radius 3 is 2.26 bits per heavy atom. The van der Waals surface area contributed by atoms with Crippen molar-refractivity contribution in [3.63, 3.8) is 0 Å². The summed E-state index contributed by atoms with van der Waals surface area (Å²) in [6.45, 7) is 9.50. The van der Waals surface area contributed by atoms with Crippen LogP contribution in [0.15, 0.2) is 65.3 Å². The summed E-state index contributed by atoms with van der Waals surface area (Å²) in [6.07, 6.45) is 1.38. The van der Waals surface area contributed by atoms with Crippen LogP contribution in [0.4, 0.5) is 5.69 Å². The molecule has 1 aliphatic rings. The summed E-state index contributed by atoms with van der Waals surface area (Å²) in [5.41, 5.74) is 1.60. The molecule has 3 amide bonds. The Bertz CT molecular complexity index is 1290. The van der Waals surface area contributed by atoms with Crippen molar-refractivity contribution < 1.29 is 28.3 Å². The lowest BCUT2D eigenvalue weighted by Gasteiger charge is -2.34. The van der Waals surface area contributed by atoms with Crippen molar-refractivity contribution in [3.05, 3.63) is 77.7 Å². The summed E-state index contributed by atoms with van der Waals surface area (Å²) in [5, 5.41) is 5.60. The number of carbonyl (C=O) groups excluding carboxylic acids is 3. The van der Waals surface area contributed by atoms with Crippen LogP contribution in [0.2, 0.25) is 0 Å². The molecule has 0 radical (unpaired) electrons. The third-order valence-electron chi connectivity index (χ3n) is 5.97. The van der Waals surface area contributed by atoms with Crippen molar-refractivity contribution in [1.29, 1.82) is 0 Å². The van der Waals surface area contributed by atoms with Crippen LogP contribution in [0.5, 0.6) is 11.5 Å². The molecule has 0 spiro atoms. The minimum atomic E-state index is -1.02. The predicted molar refractivity (Wildman–Crippen MR) is 142 cm³/mol. The van der Waals surface area contributed by atoms with Gasteiger partial charge in [-0.15, -0.1) is 0 Å². The average molecular weight is 520 g/mol. The number of furan rings is 1. The van der Waals surface area contributed by atoms with Gasteiger partial charge in [0.2, 0.25) is 18.6 Å². The van der Waals surface area contributed by atoms with E-state index in [1.54, 1.807) is 24.3 Å². The number of rotatable bonds is 8. The summed E-state index contributed by atoms with van der Waals surface area (Å²) < 4.78 is 16.1. The molecular formula is C29H33N3O6. The SMILES string of the molecule is CC(C)c1ccc([C@@H](C(=O)NC(C)(C)C)N(C(=O)CNC(=O)c2ccco2)c2ccc3c(c2)OCO3)cc1. The van der Waals surface area contributed by atoms with E-state index in [0.29, 0.717) is 28.7 Å². The smallest absolute Gasteiger partial charge is 0.287 e. The van der Waals surface area contributed by atoms with Gasteiger partial charge in [0.05, 0.1) is 12.8 Å². The van der Waals surface area contributed by atoms with Crippen molar-refractivity contribution in [2.45, 2.75) is 52.1 Å². The zero-order chi connectivity index (χ0) is 27.4. The maximum atomic E-state index is 13.8. The molecule has 4 rings (SSSR count). The van der Waals surface area contributed by atoms with Crippen LogP contribution in [0.1, 0.15) is 68.3 Å². The Morgan fingerprint density at radius 2 is 1.63 bits per heavy atom. The molecule has 2 aromatic carbocycles. The highest BCUT2D eigenvalue weighted by Crippen LogP contribution is 2.38. The minimum Gasteiger partial charge on any atom is -0.459 e. The van der Waals surface area contributed by atoms with Gasteiger partial charge in [0.1, 0.15) is 6.04 Å². The second-order valence-corrected chi connectivity index (χ2v) is 10.4. The fraction of sp³-hybridized carbons (Fsp3) is 0.345. The van der Waals surface area contributed by atoms with Crippen LogP contribution in [0.25, 0.3) is 0 Å². The molecule has 9 nitrogen and oxygen atoms in total. The summed E-state index contributed by atoms with van der Waals surface area (Å²) >= 11 is 0. The quantitative estimate of drug-likeness (QED) is 0.452. The lowest BCUT2D eigenvalue weighted by atomic mass is 9.96. The Balaban J connectivity index is 1.75. The Kier molecular flexibility index (Phi) is 7.75. The highest BCUT2D eigenvalue weighted by atomic mass is 16.7. The number of amides is 3. The van der Waals surface area contributed by atoms with E-state index >= 15 is 0 Å². The van der Waals surface area contributed by atoms with Crippen LogP contribution in [-0.4, -0.2) is 36.6 Å². The molecule has 9 heteroatoms. The van der Waals surface area contributed by atoms with Crippen molar-refractivity contribution in [1.82, 2.24) is 10.6 Å². The molecule has 1 aliphatic heterocycles. The van der Waals surface area contributed by atoms with E-state index < -0.39 is 23.4 Å². The molecule has 0 saturated carbocycles. The first-order valence-corrected chi connectivity index (χ1v) is 12.5. The van der Waals surface area contributed by atoms with Gasteiger partial charge in [0.15, 0.2) is 17.3 Å². The van der Waals surface area contributed by atoms with E-state index in [-0.39, 0.29) is 25.0 Å². The number of benzene rings is 2. The van der Waals surface area contributed by atoms with E-state index in [4.69, 9.17) is 13.9 Å². The standard InChI is InChI=1S/C29H33N3O6/c1-18(2)19-8-10-20(11-9-19)26(28(35)31-29(3,4)5)32(21-12-13-22-24(15-21)38-17-37-22)25(33)16-30-27(34)23-7-6-14-36-23/h6-15,18,26H,16-17H2,1-5H3,(H,30,34)(H,31,35)/t26-/m0/s1. The number of anilines is 1. The molecule has 0 fully saturated rings. The third-order valence-corrected chi connectivity index (χ3v) is 5.97. The number of ether oxygens (including phenoxy) is 2. The zero-order valence-corrected chi connectivity index (χ0v) is 22.2. The minimum absolute atomic E-state index is 0.0660. The monoisotopic (exact) mass is 519 g/mol. The molecule has 3 aromatic rings. The highest BCUT2D eigenvalue weighted by Gasteiger charge is 2.35. The molecule has 1 aromatic heterocycles. The van der Waals surface area contributed by atoms with Crippen LogP contribution < -0.4 is 25.0 Å². The van der Waals surface area contributed by atoms with Gasteiger partial charge < -0.3 is 24.5 Å². The fourth-order valence-corrected chi connectivity index (χ4v) is 4.13. The van der Waals surface area contributed by atoms with E-state index in [2.05, 4.69) is 24.5 Å². The molecular weight excluding hydrogens is 486 g/mol. The summed E-state index contributed by atoms with van der Waals surface area (Å²) in [4.78, 5) is 41.5. The van der Waals surface area contributed by atoms with Gasteiger partial charge in [-0.3, -0.25) is 19.3 Å². The number of carbonyl (C=O) groups is 3. The Morgan fingerprint density at radius 1 is 0.947 bits per heavy atom. The fourth-order valence-electron chi connectivity index (χ4n) is 4.13. The lowest BCUT2D eigenvalue weighted by molar-refractivity contribution is -0.127. The van der Waals surface area contributed by atoms with E-state index in [9.17, 15) is 14.4 Å². The first kappa shape index (κ1) is 26.8. The summed E-state index contributed by atoms with van der Waals surface area (Å²) in [6, 6.07) is 14.7. The Labute approximate surface area is 222 Å². The van der Waals surface area contributed by atoms with Gasteiger partial charge in [0.25, 0.3) is 5.91 Å². The molecule has 2 heterocycles. The van der Waals surface area contributed by atoms with Gasteiger partial charge in [-0.1, -0.05) is 38.1 Å². The second kappa shape index (κ2) is 11.0. The third kappa shape index (κ3) is 6.16. The van der Waals surface area contributed by atoms with E-state index in [1.807, 2.05) is 45.0 Å². The molecule has 0 aliphatic carbocycles. The predicted octanol–water partition coefficient (Wildman–Crippen LogP) is 4.55. The molecule has 38 heavy (non-hydrogen) atoms. The van der Waals surface area contributed by atoms with Gasteiger partial charge in [0, 0.05) is 17.3 Å². The number of nitrogens with one attached hydrogen (secondary N) is 2. The maximum Gasteiger partial charge on any atom is 0.287 e. The maximum absolute atomic E-state index is 13.8. The van der Waals surface area contributed by atoms with Crippen LogP contribution >= 0.6 is 0 Å². The van der Waals surface area contributed by atoms with Crippen molar-refractivity contribution >= 4 is 23.4 Å². The normalized spacial score (nSPS) is 13.2.